The average molecular weight is 560 g/mol. The lowest BCUT2D eigenvalue weighted by Crippen LogP contribution is -2.44. The molecule has 0 fully saturated rings. The molecule has 3 aromatic rings. The highest BCUT2D eigenvalue weighted by atomic mass is 16.5. The fourth-order valence-corrected chi connectivity index (χ4v) is 4.55. The summed E-state index contributed by atoms with van der Waals surface area (Å²) in [7, 11) is 3.16. The molecule has 41 heavy (non-hydrogen) atoms. The normalized spacial score (nSPS) is 13.4. The van der Waals surface area contributed by atoms with Gasteiger partial charge in [0.15, 0.2) is 11.5 Å². The molecule has 0 aliphatic carbocycles. The second-order valence-corrected chi connectivity index (χ2v) is 9.95. The zero-order valence-corrected chi connectivity index (χ0v) is 24.5. The summed E-state index contributed by atoms with van der Waals surface area (Å²) in [5, 5.41) is 0. The summed E-state index contributed by atoms with van der Waals surface area (Å²) in [6, 6.07) is 14.3. The number of aromatic nitrogens is 2. The van der Waals surface area contributed by atoms with E-state index >= 15 is 0 Å². The monoisotopic (exact) mass is 559 g/mol. The Kier molecular flexibility index (Phi) is 11.3. The van der Waals surface area contributed by atoms with E-state index in [0.717, 1.165) is 22.4 Å². The van der Waals surface area contributed by atoms with Crippen LogP contribution in [-0.4, -0.2) is 46.9 Å². The van der Waals surface area contributed by atoms with Gasteiger partial charge in [0.05, 0.1) is 38.2 Å². The highest BCUT2D eigenvalue weighted by Gasteiger charge is 2.28. The lowest BCUT2D eigenvalue weighted by Gasteiger charge is -2.31. The first-order valence-electron chi connectivity index (χ1n) is 13.7. The minimum Gasteiger partial charge on any atom is -0.493 e. The number of primary amides is 1. The van der Waals surface area contributed by atoms with Crippen molar-refractivity contribution in [3.63, 3.8) is 0 Å². The van der Waals surface area contributed by atoms with E-state index < -0.39 is 18.0 Å². The fourth-order valence-electron chi connectivity index (χ4n) is 4.55. The number of amides is 2. The Hall–Kier alpha value is -4.37. The van der Waals surface area contributed by atoms with E-state index in [0.29, 0.717) is 42.2 Å². The smallest absolute Gasteiger partial charge is 0.248 e. The number of hydrogen-bond acceptors (Lipinski definition) is 6. The van der Waals surface area contributed by atoms with E-state index in [1.807, 2.05) is 69.3 Å². The summed E-state index contributed by atoms with van der Waals surface area (Å²) >= 11 is 0. The topological polar surface area (TPSA) is 137 Å². The number of nitrogens with two attached hydrogens (primary N) is 2. The summed E-state index contributed by atoms with van der Waals surface area (Å²) < 4.78 is 10.9. The summed E-state index contributed by atoms with van der Waals surface area (Å²) in [6.07, 6.45) is 6.97. The molecule has 0 spiro atoms. The van der Waals surface area contributed by atoms with Crippen molar-refractivity contribution in [1.82, 2.24) is 14.9 Å². The van der Waals surface area contributed by atoms with Gasteiger partial charge in [0.25, 0.3) is 0 Å². The number of hydrogen-bond donors (Lipinski definition) is 3. The molecular formula is C32H41N5O4. The summed E-state index contributed by atoms with van der Waals surface area (Å²) in [5.74, 6) is 1.14. The molecule has 3 rings (SSSR count). The van der Waals surface area contributed by atoms with Crippen LogP contribution in [0.5, 0.6) is 11.5 Å². The van der Waals surface area contributed by atoms with Crippen molar-refractivity contribution in [2.75, 3.05) is 14.2 Å². The molecule has 0 saturated heterocycles. The number of ether oxygens (including phenoxy) is 2. The number of methoxy groups -OCH3 is 2. The van der Waals surface area contributed by atoms with Crippen LogP contribution in [-0.2, 0) is 16.1 Å². The van der Waals surface area contributed by atoms with Gasteiger partial charge < -0.3 is 30.8 Å². The van der Waals surface area contributed by atoms with Gasteiger partial charge in [0.2, 0.25) is 11.8 Å². The molecule has 218 valence electrons. The van der Waals surface area contributed by atoms with Crippen molar-refractivity contribution in [3.05, 3.63) is 89.4 Å². The fraction of sp³-hybridized carbons (Fsp3) is 0.344. The predicted molar refractivity (Wildman–Crippen MR) is 161 cm³/mol. The lowest BCUT2D eigenvalue weighted by atomic mass is 10.0. The number of nitrogens with one attached hydrogen (secondary N) is 1. The number of H-pyrrole nitrogens is 1. The summed E-state index contributed by atoms with van der Waals surface area (Å²) in [4.78, 5) is 35.3. The minimum atomic E-state index is -0.767. The number of carbonyl (C=O) groups excluding carboxylic acids is 2. The molecule has 0 unspecified atom stereocenters. The van der Waals surface area contributed by atoms with Crippen molar-refractivity contribution in [2.24, 2.45) is 11.5 Å². The Morgan fingerprint density at radius 2 is 1.80 bits per heavy atom. The maximum Gasteiger partial charge on any atom is 0.248 e. The van der Waals surface area contributed by atoms with Gasteiger partial charge in [-0.2, -0.15) is 0 Å². The van der Waals surface area contributed by atoms with E-state index in [1.165, 1.54) is 0 Å². The Balaban J connectivity index is 1.86. The van der Waals surface area contributed by atoms with Gasteiger partial charge in [-0.25, -0.2) is 4.98 Å². The van der Waals surface area contributed by atoms with Gasteiger partial charge in [0, 0.05) is 12.1 Å². The van der Waals surface area contributed by atoms with Crippen LogP contribution >= 0.6 is 0 Å². The van der Waals surface area contributed by atoms with E-state index in [4.69, 9.17) is 20.9 Å². The van der Waals surface area contributed by atoms with Crippen LogP contribution in [0.25, 0.3) is 11.3 Å². The van der Waals surface area contributed by atoms with Gasteiger partial charge in [0.1, 0.15) is 5.82 Å². The van der Waals surface area contributed by atoms with E-state index in [9.17, 15) is 9.59 Å². The molecule has 0 aliphatic heterocycles. The lowest BCUT2D eigenvalue weighted by molar-refractivity contribution is -0.135. The van der Waals surface area contributed by atoms with Crippen molar-refractivity contribution < 1.29 is 19.1 Å². The Morgan fingerprint density at radius 3 is 2.44 bits per heavy atom. The molecule has 0 bridgehead atoms. The number of carbonyl (C=O) groups is 2. The van der Waals surface area contributed by atoms with Crippen molar-refractivity contribution in [3.8, 4) is 22.8 Å². The van der Waals surface area contributed by atoms with Crippen LogP contribution in [0.1, 0.15) is 57.5 Å². The van der Waals surface area contributed by atoms with Crippen molar-refractivity contribution >= 4 is 11.8 Å². The first kappa shape index (κ1) is 31.2. The number of rotatable bonds is 14. The molecule has 5 N–H and O–H groups in total. The maximum atomic E-state index is 13.9. The van der Waals surface area contributed by atoms with Crippen LogP contribution in [0.2, 0.25) is 0 Å². The number of nitrogens with zero attached hydrogens (tertiary/aromatic N) is 2. The molecule has 0 radical (unpaired) electrons. The quantitative estimate of drug-likeness (QED) is 0.187. The molecule has 0 saturated carbocycles. The third-order valence-corrected chi connectivity index (χ3v) is 6.90. The highest BCUT2D eigenvalue weighted by molar-refractivity contribution is 5.94. The number of aromatic amines is 1. The third-order valence-electron chi connectivity index (χ3n) is 6.90. The molecular weight excluding hydrogens is 518 g/mol. The molecule has 2 atom stereocenters. The number of imidazole rings is 1. The Labute approximate surface area is 242 Å². The highest BCUT2D eigenvalue weighted by Crippen LogP contribution is 2.30. The largest absolute Gasteiger partial charge is 0.493 e. The first-order chi connectivity index (χ1) is 19.7. The van der Waals surface area contributed by atoms with Crippen LogP contribution < -0.4 is 20.9 Å². The van der Waals surface area contributed by atoms with E-state index in [2.05, 4.69) is 9.97 Å². The Morgan fingerprint density at radius 1 is 1.10 bits per heavy atom. The van der Waals surface area contributed by atoms with Gasteiger partial charge >= 0.3 is 0 Å². The van der Waals surface area contributed by atoms with Gasteiger partial charge in [-0.1, -0.05) is 61.0 Å². The zero-order chi connectivity index (χ0) is 29.9. The first-order valence-corrected chi connectivity index (χ1v) is 13.7. The molecule has 0 aliphatic rings. The second-order valence-electron chi connectivity index (χ2n) is 9.95. The molecule has 9 heteroatoms. The van der Waals surface area contributed by atoms with Gasteiger partial charge in [-0.3, -0.25) is 9.59 Å². The second kappa shape index (κ2) is 14.9. The SMILES string of the molecule is CC/C=C(\C=C(\C)CC[C@H](N)C(=O)N(Cc1ccc(OC)c(OC)c1)[C@@H](C)c1ncc(-c2ccccc2)[nH]1)C(N)=O. The van der Waals surface area contributed by atoms with Gasteiger partial charge in [-0.15, -0.1) is 0 Å². The average Bonchev–Trinajstić information content (AvgIpc) is 3.48. The summed E-state index contributed by atoms with van der Waals surface area (Å²) in [6.45, 7) is 6.06. The van der Waals surface area contributed by atoms with Crippen LogP contribution in [0.4, 0.5) is 0 Å². The maximum absolute atomic E-state index is 13.9. The third kappa shape index (κ3) is 8.31. The molecule has 1 aromatic heterocycles. The minimum absolute atomic E-state index is 0.211. The molecule has 1 heterocycles. The van der Waals surface area contributed by atoms with Crippen molar-refractivity contribution in [2.45, 2.75) is 58.7 Å². The van der Waals surface area contributed by atoms with Crippen LogP contribution in [0, 0.1) is 0 Å². The van der Waals surface area contributed by atoms with Crippen molar-refractivity contribution in [1.29, 1.82) is 0 Å². The van der Waals surface area contributed by atoms with E-state index in [-0.39, 0.29) is 12.5 Å². The van der Waals surface area contributed by atoms with E-state index in [1.54, 1.807) is 37.5 Å². The molecule has 9 nitrogen and oxygen atoms in total. The Bertz CT molecular complexity index is 1380. The zero-order valence-electron chi connectivity index (χ0n) is 24.5. The predicted octanol–water partition coefficient (Wildman–Crippen LogP) is 5.06. The number of allylic oxidation sites excluding steroid dienone is 2. The molecule has 2 aromatic carbocycles. The van der Waals surface area contributed by atoms with Gasteiger partial charge in [-0.05, 0) is 56.4 Å². The molecule has 2 amide bonds. The summed E-state index contributed by atoms with van der Waals surface area (Å²) in [5.41, 5.74) is 16.1. The van der Waals surface area contributed by atoms with Crippen LogP contribution in [0.15, 0.2) is 78.0 Å². The number of benzene rings is 2. The van der Waals surface area contributed by atoms with Crippen LogP contribution in [0.3, 0.4) is 0 Å². The standard InChI is InChI=1S/C32H41N5O4/c1-6-10-25(30(34)38)17-21(2)13-15-26(33)32(39)37(20-23-14-16-28(40-4)29(18-23)41-5)22(3)31-35-19-27(36-31)24-11-8-7-9-12-24/h7-12,14,16-19,22,26H,6,13,15,20,33H2,1-5H3,(H2,34,38)(H,35,36)/b21-17-,25-10+/t22-,26-/m0/s1.